The van der Waals surface area contributed by atoms with Crippen LogP contribution >= 0.6 is 11.8 Å². The molecule has 1 N–H and O–H groups in total. The van der Waals surface area contributed by atoms with Crippen LogP contribution in [0.5, 0.6) is 0 Å². The molecule has 1 aromatic rings. The van der Waals surface area contributed by atoms with E-state index >= 15 is 0 Å². The molecule has 0 aromatic heterocycles. The summed E-state index contributed by atoms with van der Waals surface area (Å²) in [5.74, 6) is 0.516. The lowest BCUT2D eigenvalue weighted by atomic mass is 10.3. The maximum Gasteiger partial charge on any atom is 0.227 e. The van der Waals surface area contributed by atoms with Crippen LogP contribution in [-0.2, 0) is 9.59 Å². The number of ketones is 1. The fraction of sp³-hybridized carbons (Fsp3) is 0.333. The molecule has 0 radical (unpaired) electrons. The van der Waals surface area contributed by atoms with Crippen molar-refractivity contribution in [3.63, 3.8) is 0 Å². The number of Topliss-reactive ketones (excluding diaryl/α,β-unsaturated/α-hetero) is 1. The summed E-state index contributed by atoms with van der Waals surface area (Å²) in [6, 6.07) is 10.00. The first-order valence-corrected chi connectivity index (χ1v) is 6.11. The first-order chi connectivity index (χ1) is 7.68. The van der Waals surface area contributed by atoms with E-state index < -0.39 is 0 Å². The van der Waals surface area contributed by atoms with E-state index in [2.05, 4.69) is 5.32 Å². The number of amides is 1. The lowest BCUT2D eigenvalue weighted by Gasteiger charge is -2.03. The summed E-state index contributed by atoms with van der Waals surface area (Å²) in [5.41, 5.74) is 0. The Kier molecular flexibility index (Phi) is 5.64. The van der Waals surface area contributed by atoms with Gasteiger partial charge in [-0.05, 0) is 19.1 Å². The van der Waals surface area contributed by atoms with Gasteiger partial charge in [0, 0.05) is 17.2 Å². The van der Waals surface area contributed by atoms with Gasteiger partial charge < -0.3 is 5.32 Å². The Balaban J connectivity index is 2.13. The second-order valence-corrected chi connectivity index (χ2v) is 4.56. The standard InChI is InChI=1S/C12H15NO2S/c1-10(14)9-12(15)13-7-8-16-11-5-3-2-4-6-11/h2-6H,7-9H2,1H3,(H,13,15). The highest BCUT2D eigenvalue weighted by Crippen LogP contribution is 2.15. The van der Waals surface area contributed by atoms with E-state index in [1.54, 1.807) is 11.8 Å². The first-order valence-electron chi connectivity index (χ1n) is 5.12. The lowest BCUT2D eigenvalue weighted by Crippen LogP contribution is -2.27. The summed E-state index contributed by atoms with van der Waals surface area (Å²) in [4.78, 5) is 22.9. The summed E-state index contributed by atoms with van der Waals surface area (Å²) in [6.07, 6.45) is -0.0179. The van der Waals surface area contributed by atoms with Crippen molar-refractivity contribution in [2.45, 2.75) is 18.2 Å². The van der Waals surface area contributed by atoms with E-state index in [1.165, 1.54) is 11.8 Å². The van der Waals surface area contributed by atoms with Gasteiger partial charge in [-0.3, -0.25) is 9.59 Å². The van der Waals surface area contributed by atoms with E-state index in [4.69, 9.17) is 0 Å². The number of carbonyl (C=O) groups is 2. The molecule has 0 aliphatic heterocycles. The van der Waals surface area contributed by atoms with Gasteiger partial charge in [-0.1, -0.05) is 18.2 Å². The largest absolute Gasteiger partial charge is 0.355 e. The maximum absolute atomic E-state index is 11.1. The SMILES string of the molecule is CC(=O)CC(=O)NCCSc1ccccc1. The summed E-state index contributed by atoms with van der Waals surface area (Å²) in [7, 11) is 0. The molecule has 1 rings (SSSR count). The first kappa shape index (κ1) is 12.8. The van der Waals surface area contributed by atoms with E-state index in [0.717, 1.165) is 5.75 Å². The molecule has 0 atom stereocenters. The van der Waals surface area contributed by atoms with Crippen LogP contribution in [0.1, 0.15) is 13.3 Å². The van der Waals surface area contributed by atoms with E-state index in [-0.39, 0.29) is 18.1 Å². The quantitative estimate of drug-likeness (QED) is 0.467. The number of nitrogens with one attached hydrogen (secondary N) is 1. The molecule has 0 aliphatic carbocycles. The molecular formula is C12H15NO2S. The molecule has 4 heteroatoms. The predicted molar refractivity (Wildman–Crippen MR) is 65.5 cm³/mol. The highest BCUT2D eigenvalue weighted by molar-refractivity contribution is 7.99. The van der Waals surface area contributed by atoms with E-state index in [1.807, 2.05) is 30.3 Å². The van der Waals surface area contributed by atoms with Crippen molar-refractivity contribution >= 4 is 23.5 Å². The van der Waals surface area contributed by atoms with Gasteiger partial charge in [-0.15, -0.1) is 11.8 Å². The zero-order valence-corrected chi connectivity index (χ0v) is 10.0. The van der Waals surface area contributed by atoms with Crippen LogP contribution in [0.3, 0.4) is 0 Å². The van der Waals surface area contributed by atoms with Crippen LogP contribution in [0.15, 0.2) is 35.2 Å². The van der Waals surface area contributed by atoms with Gasteiger partial charge >= 0.3 is 0 Å². The molecule has 0 unspecified atom stereocenters. The summed E-state index contributed by atoms with van der Waals surface area (Å²) in [6.45, 7) is 2.00. The monoisotopic (exact) mass is 237 g/mol. The number of thioether (sulfide) groups is 1. The zero-order valence-electron chi connectivity index (χ0n) is 9.23. The van der Waals surface area contributed by atoms with Gasteiger partial charge in [0.2, 0.25) is 5.91 Å². The molecule has 0 heterocycles. The third-order valence-corrected chi connectivity index (χ3v) is 2.86. The Bertz CT molecular complexity index is 351. The second-order valence-electron chi connectivity index (χ2n) is 3.39. The number of carbonyl (C=O) groups excluding carboxylic acids is 2. The lowest BCUT2D eigenvalue weighted by molar-refractivity contribution is -0.127. The minimum Gasteiger partial charge on any atom is -0.355 e. The molecule has 1 aromatic carbocycles. The van der Waals surface area contributed by atoms with Gasteiger partial charge in [0.1, 0.15) is 5.78 Å². The molecule has 16 heavy (non-hydrogen) atoms. The minimum atomic E-state index is -0.193. The van der Waals surface area contributed by atoms with Crippen molar-refractivity contribution in [3.05, 3.63) is 30.3 Å². The normalized spacial score (nSPS) is 9.81. The van der Waals surface area contributed by atoms with Gasteiger partial charge in [0.15, 0.2) is 0 Å². The van der Waals surface area contributed by atoms with Crippen molar-refractivity contribution in [1.29, 1.82) is 0 Å². The van der Waals surface area contributed by atoms with Gasteiger partial charge in [-0.25, -0.2) is 0 Å². The highest BCUT2D eigenvalue weighted by atomic mass is 32.2. The summed E-state index contributed by atoms with van der Waals surface area (Å²) >= 11 is 1.68. The van der Waals surface area contributed by atoms with Gasteiger partial charge in [0.25, 0.3) is 0 Å². The second kappa shape index (κ2) is 7.06. The van der Waals surface area contributed by atoms with Crippen LogP contribution < -0.4 is 5.32 Å². The molecule has 3 nitrogen and oxygen atoms in total. The molecule has 0 saturated heterocycles. The van der Waals surface area contributed by atoms with Crippen molar-refractivity contribution < 1.29 is 9.59 Å². The molecule has 86 valence electrons. The zero-order chi connectivity index (χ0) is 11.8. The molecule has 0 spiro atoms. The minimum absolute atomic E-state index is 0.0179. The molecule has 0 fully saturated rings. The number of hydrogen-bond donors (Lipinski definition) is 1. The number of hydrogen-bond acceptors (Lipinski definition) is 3. The Morgan fingerprint density at radius 1 is 1.25 bits per heavy atom. The van der Waals surface area contributed by atoms with Crippen LogP contribution in [0.4, 0.5) is 0 Å². The Labute approximate surface area is 99.6 Å². The van der Waals surface area contributed by atoms with Crippen LogP contribution in [-0.4, -0.2) is 24.0 Å². The van der Waals surface area contributed by atoms with Crippen molar-refractivity contribution in [3.8, 4) is 0 Å². The third kappa shape index (κ3) is 5.56. The average Bonchev–Trinajstić information content (AvgIpc) is 2.25. The van der Waals surface area contributed by atoms with Crippen LogP contribution in [0.2, 0.25) is 0 Å². The number of rotatable bonds is 6. The van der Waals surface area contributed by atoms with E-state index in [9.17, 15) is 9.59 Å². The summed E-state index contributed by atoms with van der Waals surface area (Å²) in [5, 5.41) is 2.70. The topological polar surface area (TPSA) is 46.2 Å². The fourth-order valence-corrected chi connectivity index (χ4v) is 1.95. The van der Waals surface area contributed by atoms with Crippen molar-refractivity contribution in [2.75, 3.05) is 12.3 Å². The fourth-order valence-electron chi connectivity index (χ4n) is 1.16. The van der Waals surface area contributed by atoms with Crippen LogP contribution in [0, 0.1) is 0 Å². The molecule has 0 bridgehead atoms. The smallest absolute Gasteiger partial charge is 0.227 e. The Hall–Kier alpha value is -1.29. The summed E-state index contributed by atoms with van der Waals surface area (Å²) < 4.78 is 0. The Morgan fingerprint density at radius 3 is 2.56 bits per heavy atom. The van der Waals surface area contributed by atoms with Crippen molar-refractivity contribution in [1.82, 2.24) is 5.32 Å². The van der Waals surface area contributed by atoms with Crippen molar-refractivity contribution in [2.24, 2.45) is 0 Å². The van der Waals surface area contributed by atoms with Crippen LogP contribution in [0.25, 0.3) is 0 Å². The average molecular weight is 237 g/mol. The van der Waals surface area contributed by atoms with Gasteiger partial charge in [0.05, 0.1) is 6.42 Å². The Morgan fingerprint density at radius 2 is 1.94 bits per heavy atom. The maximum atomic E-state index is 11.1. The predicted octanol–water partition coefficient (Wildman–Crippen LogP) is 1.87. The van der Waals surface area contributed by atoms with Gasteiger partial charge in [-0.2, -0.15) is 0 Å². The third-order valence-electron chi connectivity index (χ3n) is 1.85. The number of benzene rings is 1. The highest BCUT2D eigenvalue weighted by Gasteiger charge is 2.03. The molecule has 1 amide bonds. The molecule has 0 aliphatic rings. The molecule has 0 saturated carbocycles. The van der Waals surface area contributed by atoms with E-state index in [0.29, 0.717) is 6.54 Å². The molecular weight excluding hydrogens is 222 g/mol.